The fourth-order valence-electron chi connectivity index (χ4n) is 1.74. The van der Waals surface area contributed by atoms with Crippen molar-refractivity contribution < 1.29 is 0 Å². The van der Waals surface area contributed by atoms with Crippen molar-refractivity contribution in [2.45, 2.75) is 26.2 Å². The Morgan fingerprint density at radius 2 is 2.33 bits per heavy atom. The first-order valence-corrected chi connectivity index (χ1v) is 4.24. The van der Waals surface area contributed by atoms with E-state index in [1.807, 2.05) is 6.20 Å². The molecule has 2 heteroatoms. The number of aromatic nitrogens is 2. The van der Waals surface area contributed by atoms with Crippen LogP contribution in [0.1, 0.15) is 37.4 Å². The van der Waals surface area contributed by atoms with Crippen LogP contribution in [-0.2, 0) is 0 Å². The van der Waals surface area contributed by atoms with Gasteiger partial charge >= 0.3 is 0 Å². The lowest BCUT2D eigenvalue weighted by Gasteiger charge is -2.18. The summed E-state index contributed by atoms with van der Waals surface area (Å²) in [6, 6.07) is 0. The molecule has 0 spiro atoms. The largest absolute Gasteiger partial charge is 0.244 e. The van der Waals surface area contributed by atoms with E-state index in [1.165, 1.54) is 11.1 Å². The molecular weight excluding hydrogens is 148 g/mol. The summed E-state index contributed by atoms with van der Waals surface area (Å²) < 4.78 is 0. The minimum atomic E-state index is 0.575. The van der Waals surface area contributed by atoms with Crippen LogP contribution in [0.4, 0.5) is 0 Å². The Labute approximate surface area is 72.4 Å². The summed E-state index contributed by atoms with van der Waals surface area (Å²) in [7, 11) is 0. The summed E-state index contributed by atoms with van der Waals surface area (Å²) in [6.07, 6.45) is 6.83. The van der Waals surface area contributed by atoms with Gasteiger partial charge in [-0.1, -0.05) is 12.5 Å². The van der Waals surface area contributed by atoms with Crippen molar-refractivity contribution in [1.82, 2.24) is 9.97 Å². The maximum absolute atomic E-state index is 4.23. The van der Waals surface area contributed by atoms with Crippen LogP contribution >= 0.6 is 0 Å². The number of hydrogen-bond donors (Lipinski definition) is 0. The van der Waals surface area contributed by atoms with Gasteiger partial charge in [-0.15, -0.1) is 0 Å². The molecule has 1 aliphatic carbocycles. The van der Waals surface area contributed by atoms with Gasteiger partial charge in [0.15, 0.2) is 0 Å². The second-order valence-electron chi connectivity index (χ2n) is 3.46. The van der Waals surface area contributed by atoms with Crippen LogP contribution in [0.15, 0.2) is 18.1 Å². The Morgan fingerprint density at radius 1 is 1.50 bits per heavy atom. The standard InChI is InChI=1S/C10H12N2/c1-7-3-8(2)9-5-11-6-12-10(9)4-7/h4-6,8H,3H2,1-2H3. The number of fused-ring (bicyclic) bond motifs is 1. The summed E-state index contributed by atoms with van der Waals surface area (Å²) in [5.74, 6) is 0.575. The molecular formula is C10H12N2. The Balaban J connectivity index is 2.55. The van der Waals surface area contributed by atoms with E-state index in [0.717, 1.165) is 12.1 Å². The van der Waals surface area contributed by atoms with Gasteiger partial charge in [-0.3, -0.25) is 0 Å². The third kappa shape index (κ3) is 1.13. The molecule has 0 saturated carbocycles. The second-order valence-corrected chi connectivity index (χ2v) is 3.46. The molecule has 0 amide bonds. The quantitative estimate of drug-likeness (QED) is 0.582. The van der Waals surface area contributed by atoms with Crippen LogP contribution < -0.4 is 0 Å². The summed E-state index contributed by atoms with van der Waals surface area (Å²) in [5, 5.41) is 0. The fraction of sp³-hybridized carbons (Fsp3) is 0.400. The van der Waals surface area contributed by atoms with Crippen molar-refractivity contribution in [2.75, 3.05) is 0 Å². The topological polar surface area (TPSA) is 25.8 Å². The van der Waals surface area contributed by atoms with Gasteiger partial charge in [-0.25, -0.2) is 9.97 Å². The monoisotopic (exact) mass is 160 g/mol. The van der Waals surface area contributed by atoms with Crippen molar-refractivity contribution in [3.05, 3.63) is 29.4 Å². The predicted octanol–water partition coefficient (Wildman–Crippen LogP) is 2.39. The first kappa shape index (κ1) is 7.47. The Hall–Kier alpha value is -1.18. The second kappa shape index (κ2) is 2.70. The van der Waals surface area contributed by atoms with Gasteiger partial charge in [0.2, 0.25) is 0 Å². The average Bonchev–Trinajstić information content (AvgIpc) is 2.04. The third-order valence-electron chi connectivity index (χ3n) is 2.32. The summed E-state index contributed by atoms with van der Waals surface area (Å²) >= 11 is 0. The number of rotatable bonds is 0. The SMILES string of the molecule is CC1=Cc2ncncc2C(C)C1. The average molecular weight is 160 g/mol. The van der Waals surface area contributed by atoms with E-state index >= 15 is 0 Å². The van der Waals surface area contributed by atoms with Crippen LogP contribution in [0.3, 0.4) is 0 Å². The summed E-state index contributed by atoms with van der Waals surface area (Å²) in [4.78, 5) is 8.27. The molecule has 62 valence electrons. The normalized spacial score (nSPS) is 21.5. The fourth-order valence-corrected chi connectivity index (χ4v) is 1.74. The lowest BCUT2D eigenvalue weighted by atomic mass is 9.88. The highest BCUT2D eigenvalue weighted by molar-refractivity contribution is 5.55. The molecule has 0 N–H and O–H groups in total. The van der Waals surface area contributed by atoms with Gasteiger partial charge < -0.3 is 0 Å². The van der Waals surface area contributed by atoms with E-state index < -0.39 is 0 Å². The molecule has 0 bridgehead atoms. The van der Waals surface area contributed by atoms with E-state index in [1.54, 1.807) is 6.33 Å². The lowest BCUT2D eigenvalue weighted by Crippen LogP contribution is -2.05. The zero-order chi connectivity index (χ0) is 8.55. The van der Waals surface area contributed by atoms with Crippen LogP contribution in [-0.4, -0.2) is 9.97 Å². The number of hydrogen-bond acceptors (Lipinski definition) is 2. The van der Waals surface area contributed by atoms with Gasteiger partial charge in [-0.2, -0.15) is 0 Å². The minimum absolute atomic E-state index is 0.575. The van der Waals surface area contributed by atoms with E-state index in [0.29, 0.717) is 5.92 Å². The molecule has 0 fully saturated rings. The molecule has 0 aromatic carbocycles. The maximum Gasteiger partial charge on any atom is 0.116 e. The Kier molecular flexibility index (Phi) is 1.68. The molecule has 12 heavy (non-hydrogen) atoms. The number of nitrogens with zero attached hydrogens (tertiary/aromatic N) is 2. The molecule has 0 aliphatic heterocycles. The molecule has 0 saturated heterocycles. The highest BCUT2D eigenvalue weighted by Crippen LogP contribution is 2.30. The van der Waals surface area contributed by atoms with E-state index in [2.05, 4.69) is 29.9 Å². The number of allylic oxidation sites excluding steroid dienone is 1. The van der Waals surface area contributed by atoms with E-state index in [9.17, 15) is 0 Å². The molecule has 2 rings (SSSR count). The summed E-state index contributed by atoms with van der Waals surface area (Å²) in [5.41, 5.74) is 3.79. The van der Waals surface area contributed by atoms with Crippen molar-refractivity contribution in [1.29, 1.82) is 0 Å². The van der Waals surface area contributed by atoms with Gasteiger partial charge in [0.25, 0.3) is 0 Å². The van der Waals surface area contributed by atoms with E-state index in [4.69, 9.17) is 0 Å². The maximum atomic E-state index is 4.23. The zero-order valence-corrected chi connectivity index (χ0v) is 7.41. The molecule has 1 unspecified atom stereocenters. The zero-order valence-electron chi connectivity index (χ0n) is 7.41. The van der Waals surface area contributed by atoms with Crippen molar-refractivity contribution in [3.8, 4) is 0 Å². The van der Waals surface area contributed by atoms with Crippen molar-refractivity contribution in [2.24, 2.45) is 0 Å². The van der Waals surface area contributed by atoms with Crippen LogP contribution in [0, 0.1) is 0 Å². The highest BCUT2D eigenvalue weighted by atomic mass is 14.8. The minimum Gasteiger partial charge on any atom is -0.244 e. The van der Waals surface area contributed by atoms with Crippen LogP contribution in [0.5, 0.6) is 0 Å². The van der Waals surface area contributed by atoms with Crippen LogP contribution in [0.2, 0.25) is 0 Å². The van der Waals surface area contributed by atoms with Gasteiger partial charge in [0, 0.05) is 6.20 Å². The first-order valence-electron chi connectivity index (χ1n) is 4.24. The molecule has 2 nitrogen and oxygen atoms in total. The molecule has 1 aromatic rings. The molecule has 1 heterocycles. The molecule has 1 aromatic heterocycles. The van der Waals surface area contributed by atoms with Gasteiger partial charge in [-0.05, 0) is 30.9 Å². The van der Waals surface area contributed by atoms with Gasteiger partial charge in [0.1, 0.15) is 6.33 Å². The lowest BCUT2D eigenvalue weighted by molar-refractivity contribution is 0.728. The third-order valence-corrected chi connectivity index (χ3v) is 2.32. The first-order chi connectivity index (χ1) is 5.77. The Morgan fingerprint density at radius 3 is 3.17 bits per heavy atom. The van der Waals surface area contributed by atoms with Crippen LogP contribution in [0.25, 0.3) is 6.08 Å². The van der Waals surface area contributed by atoms with Crippen molar-refractivity contribution >= 4 is 6.08 Å². The summed E-state index contributed by atoms with van der Waals surface area (Å²) in [6.45, 7) is 4.38. The smallest absolute Gasteiger partial charge is 0.116 e. The van der Waals surface area contributed by atoms with E-state index in [-0.39, 0.29) is 0 Å². The molecule has 0 radical (unpaired) electrons. The highest BCUT2D eigenvalue weighted by Gasteiger charge is 2.15. The van der Waals surface area contributed by atoms with Crippen molar-refractivity contribution in [3.63, 3.8) is 0 Å². The molecule has 1 atom stereocenters. The predicted molar refractivity (Wildman–Crippen MR) is 48.7 cm³/mol. The van der Waals surface area contributed by atoms with Gasteiger partial charge in [0.05, 0.1) is 5.69 Å². The molecule has 1 aliphatic rings. The Bertz CT molecular complexity index is 328.